The Balaban J connectivity index is 1.43. The van der Waals surface area contributed by atoms with Gasteiger partial charge in [-0.05, 0) is 44.0 Å². The van der Waals surface area contributed by atoms with Crippen molar-refractivity contribution in [2.45, 2.75) is 32.2 Å². The monoisotopic (exact) mass is 438 g/mol. The van der Waals surface area contributed by atoms with E-state index in [1.807, 2.05) is 15.9 Å². The minimum Gasteiger partial charge on any atom is -0.504 e. The molecule has 2 aliphatic rings. The lowest BCUT2D eigenvalue weighted by atomic mass is 10.0. The molecule has 2 amide bonds. The van der Waals surface area contributed by atoms with E-state index in [2.05, 4.69) is 34.3 Å². The van der Waals surface area contributed by atoms with Crippen molar-refractivity contribution in [3.05, 3.63) is 41.3 Å². The van der Waals surface area contributed by atoms with Crippen molar-refractivity contribution in [3.63, 3.8) is 0 Å². The van der Waals surface area contributed by atoms with Crippen molar-refractivity contribution in [2.75, 3.05) is 32.7 Å². The fourth-order valence-corrected chi connectivity index (χ4v) is 4.75. The highest BCUT2D eigenvalue weighted by Crippen LogP contribution is 2.33. The number of hydrogen-bond acceptors (Lipinski definition) is 5. The molecule has 2 aliphatic heterocycles. The number of fused-ring (bicyclic) bond motifs is 3. The van der Waals surface area contributed by atoms with Gasteiger partial charge in [0, 0.05) is 55.8 Å². The summed E-state index contributed by atoms with van der Waals surface area (Å²) in [6.45, 7) is 7.71. The number of benzene rings is 1. The number of hydrogen-bond donors (Lipinski definition) is 3. The summed E-state index contributed by atoms with van der Waals surface area (Å²) in [6.07, 6.45) is 1.39. The maximum absolute atomic E-state index is 13.8. The van der Waals surface area contributed by atoms with Gasteiger partial charge in [0.05, 0.1) is 11.2 Å². The molecule has 0 unspecified atom stereocenters. The molecule has 0 atom stereocenters. The third-order valence-corrected chi connectivity index (χ3v) is 6.58. The predicted octanol–water partition coefficient (Wildman–Crippen LogP) is 2.67. The predicted molar refractivity (Wildman–Crippen MR) is 119 cm³/mol. The van der Waals surface area contributed by atoms with Crippen LogP contribution in [0.4, 0.5) is 9.18 Å². The van der Waals surface area contributed by atoms with E-state index in [4.69, 9.17) is 0 Å². The number of phenols is 1. The first-order valence-corrected chi connectivity index (χ1v) is 11.0. The number of carbonyl (C=O) groups is 1. The molecule has 3 aromatic rings. The number of nitrogens with zero attached hydrogens (tertiary/aromatic N) is 4. The molecule has 1 saturated heterocycles. The van der Waals surface area contributed by atoms with Crippen molar-refractivity contribution >= 4 is 17.1 Å². The van der Waals surface area contributed by atoms with E-state index in [-0.39, 0.29) is 11.6 Å². The van der Waals surface area contributed by atoms with Gasteiger partial charge in [-0.15, -0.1) is 10.2 Å². The summed E-state index contributed by atoms with van der Waals surface area (Å²) in [5.41, 5.74) is 3.31. The van der Waals surface area contributed by atoms with Gasteiger partial charge in [0.15, 0.2) is 17.2 Å². The number of para-hydroxylation sites is 1. The van der Waals surface area contributed by atoms with Crippen molar-refractivity contribution < 1.29 is 14.3 Å². The summed E-state index contributed by atoms with van der Waals surface area (Å²) in [5, 5.41) is 22.8. The minimum absolute atomic E-state index is 0.0797. The topological polar surface area (TPSA) is 97.4 Å². The lowest BCUT2D eigenvalue weighted by Crippen LogP contribution is -2.62. The molecule has 0 spiro atoms. The van der Waals surface area contributed by atoms with Crippen molar-refractivity contribution in [3.8, 4) is 17.0 Å². The Morgan fingerprint density at radius 2 is 2.00 bits per heavy atom. The molecule has 8 nitrogen and oxygen atoms in total. The number of amides is 2. The summed E-state index contributed by atoms with van der Waals surface area (Å²) in [5.74, 6) is -1.12. The number of halogens is 1. The van der Waals surface area contributed by atoms with Crippen LogP contribution in [0.15, 0.2) is 24.3 Å². The number of urea groups is 1. The van der Waals surface area contributed by atoms with Crippen LogP contribution in [0, 0.1) is 5.82 Å². The van der Waals surface area contributed by atoms with Crippen molar-refractivity contribution in [1.29, 1.82) is 0 Å². The quantitative estimate of drug-likeness (QED) is 0.543. The zero-order valence-corrected chi connectivity index (χ0v) is 18.3. The third-order valence-electron chi connectivity index (χ3n) is 6.58. The Morgan fingerprint density at radius 3 is 2.81 bits per heavy atom. The molecular weight excluding hydrogens is 411 g/mol. The standard InChI is InChI=1S/C23H27FN6O2/c1-23(2)13-25-8-11-30(23)22(32)29-9-6-14-16-12-19(15-4-3-5-17(24)20(15)31)27-28-21(16)26-18(14)7-10-29/h3-5,12,25,31H,6-11,13H2,1-2H3,(H,26,28). The fourth-order valence-electron chi connectivity index (χ4n) is 4.75. The molecule has 5 rings (SSSR count). The Hall–Kier alpha value is -3.20. The molecule has 0 bridgehead atoms. The van der Waals surface area contributed by atoms with E-state index in [0.29, 0.717) is 49.4 Å². The Labute approximate surface area is 185 Å². The number of aromatic nitrogens is 3. The fraction of sp³-hybridized carbons (Fsp3) is 0.435. The van der Waals surface area contributed by atoms with Crippen LogP contribution in [0.2, 0.25) is 0 Å². The van der Waals surface area contributed by atoms with Gasteiger partial charge in [-0.1, -0.05) is 6.07 Å². The van der Waals surface area contributed by atoms with E-state index < -0.39 is 11.6 Å². The van der Waals surface area contributed by atoms with Crippen LogP contribution < -0.4 is 5.32 Å². The maximum atomic E-state index is 13.8. The zero-order valence-electron chi connectivity index (χ0n) is 18.3. The molecule has 1 fully saturated rings. The molecule has 168 valence electrons. The molecule has 1 aromatic carbocycles. The molecule has 0 saturated carbocycles. The number of H-pyrrole nitrogens is 1. The lowest BCUT2D eigenvalue weighted by Gasteiger charge is -2.44. The van der Waals surface area contributed by atoms with Gasteiger partial charge in [0.2, 0.25) is 0 Å². The zero-order chi connectivity index (χ0) is 22.5. The van der Waals surface area contributed by atoms with Crippen LogP contribution in [-0.4, -0.2) is 74.4 Å². The summed E-state index contributed by atoms with van der Waals surface area (Å²) in [4.78, 5) is 20.5. The largest absolute Gasteiger partial charge is 0.504 e. The molecule has 0 radical (unpaired) electrons. The minimum atomic E-state index is -0.692. The highest BCUT2D eigenvalue weighted by molar-refractivity contribution is 5.85. The van der Waals surface area contributed by atoms with Crippen molar-refractivity contribution in [2.24, 2.45) is 0 Å². The van der Waals surface area contributed by atoms with Gasteiger partial charge < -0.3 is 25.2 Å². The highest BCUT2D eigenvalue weighted by atomic mass is 19.1. The first-order valence-electron chi connectivity index (χ1n) is 11.0. The van der Waals surface area contributed by atoms with Crippen molar-refractivity contribution in [1.82, 2.24) is 30.3 Å². The summed E-state index contributed by atoms with van der Waals surface area (Å²) in [6, 6.07) is 6.28. The Bertz CT molecular complexity index is 1190. The Kier molecular flexibility index (Phi) is 5.00. The number of aromatic hydroxyl groups is 1. The van der Waals surface area contributed by atoms with Crippen LogP contribution in [0.5, 0.6) is 5.75 Å². The van der Waals surface area contributed by atoms with Crippen LogP contribution >= 0.6 is 0 Å². The first kappa shape index (κ1) is 20.7. The van der Waals surface area contributed by atoms with Crippen LogP contribution in [0.25, 0.3) is 22.3 Å². The molecule has 32 heavy (non-hydrogen) atoms. The average molecular weight is 439 g/mol. The second-order valence-electron chi connectivity index (χ2n) is 9.12. The number of rotatable bonds is 1. The third kappa shape index (κ3) is 3.46. The van der Waals surface area contributed by atoms with E-state index in [0.717, 1.165) is 29.7 Å². The number of aromatic amines is 1. The van der Waals surface area contributed by atoms with E-state index in [1.54, 1.807) is 6.07 Å². The highest BCUT2D eigenvalue weighted by Gasteiger charge is 2.36. The number of nitrogens with one attached hydrogen (secondary N) is 2. The van der Waals surface area contributed by atoms with E-state index in [1.165, 1.54) is 12.1 Å². The first-order chi connectivity index (χ1) is 15.3. The Morgan fingerprint density at radius 1 is 1.19 bits per heavy atom. The maximum Gasteiger partial charge on any atom is 0.320 e. The molecule has 3 N–H and O–H groups in total. The normalized spacial score (nSPS) is 18.5. The van der Waals surface area contributed by atoms with Gasteiger partial charge in [0.25, 0.3) is 0 Å². The molecule has 2 aromatic heterocycles. The smallest absolute Gasteiger partial charge is 0.320 e. The molecule has 0 aliphatic carbocycles. The molecular formula is C23H27FN6O2. The van der Waals surface area contributed by atoms with Crippen LogP contribution in [0.1, 0.15) is 25.1 Å². The molecule has 9 heteroatoms. The van der Waals surface area contributed by atoms with E-state index >= 15 is 0 Å². The van der Waals surface area contributed by atoms with Gasteiger partial charge >= 0.3 is 6.03 Å². The summed E-state index contributed by atoms with van der Waals surface area (Å²) < 4.78 is 13.8. The van der Waals surface area contributed by atoms with Gasteiger partial charge in [0.1, 0.15) is 0 Å². The second kappa shape index (κ2) is 7.74. The number of phenolic OH excluding ortho intramolecular Hbond substituents is 1. The number of piperazine rings is 1. The van der Waals surface area contributed by atoms with Gasteiger partial charge in [-0.2, -0.15) is 0 Å². The SMILES string of the molecule is CC1(C)CNCCN1C(=O)N1CCc2[nH]c3nnc(-c4cccc(F)c4O)cc3c2CC1. The van der Waals surface area contributed by atoms with E-state index in [9.17, 15) is 14.3 Å². The van der Waals surface area contributed by atoms with Crippen LogP contribution in [-0.2, 0) is 12.8 Å². The average Bonchev–Trinajstić information content (AvgIpc) is 2.97. The second-order valence-corrected chi connectivity index (χ2v) is 9.12. The molecule has 4 heterocycles. The summed E-state index contributed by atoms with van der Waals surface area (Å²) >= 11 is 0. The van der Waals surface area contributed by atoms with Gasteiger partial charge in [-0.25, -0.2) is 9.18 Å². The summed E-state index contributed by atoms with van der Waals surface area (Å²) in [7, 11) is 0. The van der Waals surface area contributed by atoms with Crippen LogP contribution in [0.3, 0.4) is 0 Å². The van der Waals surface area contributed by atoms with Gasteiger partial charge in [-0.3, -0.25) is 0 Å². The number of carbonyl (C=O) groups excluding carboxylic acids is 1. The lowest BCUT2D eigenvalue weighted by molar-refractivity contribution is 0.0857.